The lowest BCUT2D eigenvalue weighted by atomic mass is 10.1. The summed E-state index contributed by atoms with van der Waals surface area (Å²) in [5.74, 6) is -0.413. The molecule has 0 aliphatic heterocycles. The minimum absolute atomic E-state index is 0.466. The number of rotatable bonds is 7. The minimum Gasteiger partial charge on any atom is -0.480 e. The number of ether oxygens (including phenoxy) is 1. The number of aromatic nitrogens is 2. The van der Waals surface area contributed by atoms with Crippen LogP contribution in [-0.2, 0) is 9.53 Å². The number of carbonyl (C=O) groups is 1. The molecule has 0 bridgehead atoms. The minimum atomic E-state index is -0.907. The number of nitrogens with zero attached hydrogens (tertiary/aromatic N) is 2. The van der Waals surface area contributed by atoms with E-state index in [2.05, 4.69) is 15.5 Å². The highest BCUT2D eigenvalue weighted by Gasteiger charge is 2.18. The van der Waals surface area contributed by atoms with Crippen molar-refractivity contribution in [3.8, 4) is 0 Å². The van der Waals surface area contributed by atoms with Crippen LogP contribution in [0, 0.1) is 0 Å². The van der Waals surface area contributed by atoms with Gasteiger partial charge in [0.2, 0.25) is 0 Å². The lowest BCUT2D eigenvalue weighted by Gasteiger charge is -2.15. The monoisotopic (exact) mass is 275 g/mol. The first kappa shape index (κ1) is 14.2. The van der Waals surface area contributed by atoms with Gasteiger partial charge in [-0.05, 0) is 12.8 Å². The standard InChI is InChI=1S/C14H17N3O3/c1-20-8-4-7-12(14(18)19)16-13-11-6-3-2-5-10(11)9-15-17-13/h2-3,5-6,9,12H,4,7-8H2,1H3,(H,16,17)(H,18,19). The van der Waals surface area contributed by atoms with Gasteiger partial charge in [0.1, 0.15) is 6.04 Å². The molecule has 0 aliphatic carbocycles. The van der Waals surface area contributed by atoms with E-state index in [1.165, 1.54) is 0 Å². The zero-order chi connectivity index (χ0) is 14.4. The highest BCUT2D eigenvalue weighted by Crippen LogP contribution is 2.20. The molecule has 6 nitrogen and oxygen atoms in total. The number of fused-ring (bicyclic) bond motifs is 1. The van der Waals surface area contributed by atoms with Crippen molar-refractivity contribution in [1.82, 2.24) is 10.2 Å². The molecular formula is C14H17N3O3. The molecule has 1 aromatic heterocycles. The van der Waals surface area contributed by atoms with Gasteiger partial charge in [-0.2, -0.15) is 5.10 Å². The first-order valence-corrected chi connectivity index (χ1v) is 6.41. The van der Waals surface area contributed by atoms with E-state index in [0.717, 1.165) is 10.8 Å². The van der Waals surface area contributed by atoms with Gasteiger partial charge in [-0.1, -0.05) is 24.3 Å². The average Bonchev–Trinajstić information content (AvgIpc) is 2.46. The van der Waals surface area contributed by atoms with Crippen molar-refractivity contribution in [2.24, 2.45) is 0 Å². The van der Waals surface area contributed by atoms with Crippen LogP contribution >= 0.6 is 0 Å². The third-order valence-corrected chi connectivity index (χ3v) is 3.02. The van der Waals surface area contributed by atoms with Crippen LogP contribution in [0.5, 0.6) is 0 Å². The molecular weight excluding hydrogens is 258 g/mol. The van der Waals surface area contributed by atoms with Gasteiger partial charge in [0.15, 0.2) is 5.82 Å². The van der Waals surface area contributed by atoms with Crippen molar-refractivity contribution < 1.29 is 14.6 Å². The fraction of sp³-hybridized carbons (Fsp3) is 0.357. The van der Waals surface area contributed by atoms with Gasteiger partial charge in [-0.3, -0.25) is 0 Å². The van der Waals surface area contributed by atoms with E-state index in [-0.39, 0.29) is 0 Å². The van der Waals surface area contributed by atoms with E-state index in [1.807, 2.05) is 24.3 Å². The molecule has 1 aromatic carbocycles. The summed E-state index contributed by atoms with van der Waals surface area (Å²) in [5.41, 5.74) is 0. The number of carboxylic acid groups (broad SMARTS) is 1. The topological polar surface area (TPSA) is 84.3 Å². The van der Waals surface area contributed by atoms with E-state index in [4.69, 9.17) is 4.74 Å². The Hall–Kier alpha value is -2.21. The smallest absolute Gasteiger partial charge is 0.326 e. The molecule has 0 amide bonds. The second kappa shape index (κ2) is 6.81. The van der Waals surface area contributed by atoms with Gasteiger partial charge in [-0.25, -0.2) is 4.79 Å². The molecule has 20 heavy (non-hydrogen) atoms. The zero-order valence-electron chi connectivity index (χ0n) is 11.2. The van der Waals surface area contributed by atoms with Crippen molar-refractivity contribution in [2.45, 2.75) is 18.9 Å². The van der Waals surface area contributed by atoms with Crippen molar-refractivity contribution in [2.75, 3.05) is 19.0 Å². The van der Waals surface area contributed by atoms with E-state index in [1.54, 1.807) is 13.3 Å². The van der Waals surface area contributed by atoms with Crippen LogP contribution in [-0.4, -0.2) is 41.0 Å². The molecule has 0 saturated carbocycles. The Morgan fingerprint density at radius 3 is 3.00 bits per heavy atom. The first-order chi connectivity index (χ1) is 9.72. The molecule has 2 rings (SSSR count). The Labute approximate surface area is 116 Å². The molecule has 106 valence electrons. The summed E-state index contributed by atoms with van der Waals surface area (Å²) in [6.45, 7) is 0.534. The van der Waals surface area contributed by atoms with Crippen LogP contribution in [0.4, 0.5) is 5.82 Å². The van der Waals surface area contributed by atoms with Gasteiger partial charge >= 0.3 is 5.97 Å². The molecule has 2 N–H and O–H groups in total. The summed E-state index contributed by atoms with van der Waals surface area (Å²) >= 11 is 0. The lowest BCUT2D eigenvalue weighted by Crippen LogP contribution is -2.30. The lowest BCUT2D eigenvalue weighted by molar-refractivity contribution is -0.138. The van der Waals surface area contributed by atoms with Crippen molar-refractivity contribution in [1.29, 1.82) is 0 Å². The highest BCUT2D eigenvalue weighted by molar-refractivity contribution is 5.92. The van der Waals surface area contributed by atoms with Gasteiger partial charge in [0, 0.05) is 24.5 Å². The second-order valence-electron chi connectivity index (χ2n) is 4.45. The zero-order valence-corrected chi connectivity index (χ0v) is 11.2. The second-order valence-corrected chi connectivity index (χ2v) is 4.45. The summed E-state index contributed by atoms with van der Waals surface area (Å²) in [6, 6.07) is 6.89. The third-order valence-electron chi connectivity index (χ3n) is 3.02. The van der Waals surface area contributed by atoms with Gasteiger partial charge < -0.3 is 15.2 Å². The summed E-state index contributed by atoms with van der Waals surface area (Å²) in [6.07, 6.45) is 2.79. The highest BCUT2D eigenvalue weighted by atomic mass is 16.5. The maximum absolute atomic E-state index is 11.3. The predicted octanol–water partition coefficient (Wildman–Crippen LogP) is 1.92. The van der Waals surface area contributed by atoms with Crippen molar-refractivity contribution in [3.05, 3.63) is 30.5 Å². The van der Waals surface area contributed by atoms with Crippen LogP contribution in [0.15, 0.2) is 30.5 Å². The summed E-state index contributed by atoms with van der Waals surface area (Å²) < 4.78 is 4.94. The van der Waals surface area contributed by atoms with Gasteiger partial charge in [0.05, 0.1) is 6.20 Å². The molecule has 1 atom stereocenters. The quantitative estimate of drug-likeness (QED) is 0.751. The number of anilines is 1. The Kier molecular flexibility index (Phi) is 4.84. The molecule has 0 fully saturated rings. The Morgan fingerprint density at radius 1 is 1.45 bits per heavy atom. The SMILES string of the molecule is COCCCC(Nc1nncc2ccccc12)C(=O)O. The predicted molar refractivity (Wildman–Crippen MR) is 75.7 cm³/mol. The normalized spacial score (nSPS) is 12.2. The molecule has 2 aromatic rings. The Morgan fingerprint density at radius 2 is 2.25 bits per heavy atom. The Bertz CT molecular complexity index is 583. The molecule has 1 unspecified atom stereocenters. The molecule has 0 aliphatic rings. The number of carboxylic acids is 1. The third kappa shape index (κ3) is 3.42. The first-order valence-electron chi connectivity index (χ1n) is 6.41. The van der Waals surface area contributed by atoms with Crippen LogP contribution in [0.2, 0.25) is 0 Å². The molecule has 0 saturated heterocycles. The van der Waals surface area contributed by atoms with Crippen molar-refractivity contribution in [3.63, 3.8) is 0 Å². The number of benzene rings is 1. The number of hydrogen-bond donors (Lipinski definition) is 2. The fourth-order valence-corrected chi connectivity index (χ4v) is 1.99. The molecule has 1 heterocycles. The Balaban J connectivity index is 2.18. The summed E-state index contributed by atoms with van der Waals surface area (Å²) in [7, 11) is 1.60. The van der Waals surface area contributed by atoms with E-state index in [0.29, 0.717) is 25.3 Å². The van der Waals surface area contributed by atoms with Crippen LogP contribution in [0.1, 0.15) is 12.8 Å². The molecule has 6 heteroatoms. The maximum atomic E-state index is 11.3. The number of aliphatic carboxylic acids is 1. The summed E-state index contributed by atoms with van der Waals surface area (Å²) in [5, 5.41) is 21.9. The number of methoxy groups -OCH3 is 1. The van der Waals surface area contributed by atoms with Crippen molar-refractivity contribution >= 4 is 22.6 Å². The molecule has 0 spiro atoms. The average molecular weight is 275 g/mol. The van der Waals surface area contributed by atoms with Gasteiger partial charge in [-0.15, -0.1) is 5.10 Å². The number of nitrogens with one attached hydrogen (secondary N) is 1. The van der Waals surface area contributed by atoms with E-state index < -0.39 is 12.0 Å². The fourth-order valence-electron chi connectivity index (χ4n) is 1.99. The van der Waals surface area contributed by atoms with E-state index in [9.17, 15) is 9.90 Å². The summed E-state index contributed by atoms with van der Waals surface area (Å²) in [4.78, 5) is 11.3. The largest absolute Gasteiger partial charge is 0.480 e. The number of hydrogen-bond acceptors (Lipinski definition) is 5. The van der Waals surface area contributed by atoms with Crippen LogP contribution in [0.25, 0.3) is 10.8 Å². The van der Waals surface area contributed by atoms with Crippen LogP contribution < -0.4 is 5.32 Å². The van der Waals surface area contributed by atoms with Gasteiger partial charge in [0.25, 0.3) is 0 Å². The molecule has 0 radical (unpaired) electrons. The van der Waals surface area contributed by atoms with Crippen LogP contribution in [0.3, 0.4) is 0 Å². The van der Waals surface area contributed by atoms with E-state index >= 15 is 0 Å². The maximum Gasteiger partial charge on any atom is 0.326 e.